The van der Waals surface area contributed by atoms with Gasteiger partial charge in [-0.15, -0.1) is 0 Å². The number of hydrogen-bond acceptors (Lipinski definition) is 5. The van der Waals surface area contributed by atoms with Crippen molar-refractivity contribution in [2.45, 2.75) is 0 Å². The molecule has 5 nitrogen and oxygen atoms in total. The van der Waals surface area contributed by atoms with E-state index < -0.39 is 0 Å². The Morgan fingerprint density at radius 2 is 0.720 bits per heavy atom. The van der Waals surface area contributed by atoms with Crippen LogP contribution in [0.25, 0.3) is 100 Å². The lowest BCUT2D eigenvalue weighted by Gasteiger charge is -2.08. The predicted molar refractivity (Wildman–Crippen MR) is 202 cm³/mol. The Morgan fingerprint density at radius 3 is 1.22 bits per heavy atom. The highest BCUT2D eigenvalue weighted by Crippen LogP contribution is 2.42. The molecular formula is C45H27N3O2. The third-order valence-corrected chi connectivity index (χ3v) is 9.35. The maximum atomic E-state index is 6.72. The van der Waals surface area contributed by atoms with Crippen LogP contribution in [0.2, 0.25) is 0 Å². The minimum atomic E-state index is 0.585. The van der Waals surface area contributed by atoms with Crippen molar-refractivity contribution in [1.82, 2.24) is 15.0 Å². The zero-order valence-corrected chi connectivity index (χ0v) is 26.7. The highest BCUT2D eigenvalue weighted by molar-refractivity contribution is 6.15. The number of nitrogens with zero attached hydrogens (tertiary/aromatic N) is 3. The van der Waals surface area contributed by atoms with E-state index in [4.69, 9.17) is 23.8 Å². The van der Waals surface area contributed by atoms with Gasteiger partial charge < -0.3 is 8.83 Å². The molecule has 0 aliphatic rings. The average molecular weight is 642 g/mol. The molecule has 234 valence electrons. The Morgan fingerprint density at radius 1 is 0.300 bits per heavy atom. The van der Waals surface area contributed by atoms with E-state index in [0.29, 0.717) is 17.5 Å². The Kier molecular flexibility index (Phi) is 6.42. The first-order chi connectivity index (χ1) is 24.8. The van der Waals surface area contributed by atoms with Crippen LogP contribution in [0.5, 0.6) is 0 Å². The topological polar surface area (TPSA) is 65.0 Å². The Hall–Kier alpha value is -6.85. The van der Waals surface area contributed by atoms with Crippen LogP contribution in [0.3, 0.4) is 0 Å². The minimum Gasteiger partial charge on any atom is -0.455 e. The van der Waals surface area contributed by atoms with Crippen molar-refractivity contribution in [2.24, 2.45) is 0 Å². The molecule has 0 N–H and O–H groups in total. The SMILES string of the molecule is c1ccc(-c2ccc3c(c2)oc2c(-c4cccc5c4oc4cc(-c6nc(-c7ccccc7)nc(-c7ccccc7)n6)ccc45)cccc23)cc1. The van der Waals surface area contributed by atoms with Gasteiger partial charge in [0.25, 0.3) is 0 Å². The number of para-hydroxylation sites is 2. The van der Waals surface area contributed by atoms with Crippen molar-refractivity contribution in [1.29, 1.82) is 0 Å². The summed E-state index contributed by atoms with van der Waals surface area (Å²) in [6, 6.07) is 55.7. The van der Waals surface area contributed by atoms with E-state index in [2.05, 4.69) is 91.0 Å². The Bertz CT molecular complexity index is 2800. The second-order valence-electron chi connectivity index (χ2n) is 12.4. The summed E-state index contributed by atoms with van der Waals surface area (Å²) >= 11 is 0. The van der Waals surface area contributed by atoms with Gasteiger partial charge in [0, 0.05) is 49.4 Å². The summed E-state index contributed by atoms with van der Waals surface area (Å²) in [7, 11) is 0. The monoisotopic (exact) mass is 641 g/mol. The van der Waals surface area contributed by atoms with E-state index in [1.54, 1.807) is 0 Å². The van der Waals surface area contributed by atoms with E-state index in [-0.39, 0.29) is 0 Å². The highest BCUT2D eigenvalue weighted by atomic mass is 16.3. The number of rotatable bonds is 5. The molecule has 0 aliphatic heterocycles. The summed E-state index contributed by atoms with van der Waals surface area (Å²) in [5.74, 6) is 1.83. The van der Waals surface area contributed by atoms with Gasteiger partial charge in [-0.1, -0.05) is 140 Å². The summed E-state index contributed by atoms with van der Waals surface area (Å²) in [4.78, 5) is 14.7. The summed E-state index contributed by atoms with van der Waals surface area (Å²) in [5.41, 5.74) is 10.2. The second-order valence-corrected chi connectivity index (χ2v) is 12.4. The third kappa shape index (κ3) is 4.67. The zero-order chi connectivity index (χ0) is 33.0. The molecule has 0 radical (unpaired) electrons. The molecule has 0 unspecified atom stereocenters. The fourth-order valence-corrected chi connectivity index (χ4v) is 6.91. The van der Waals surface area contributed by atoms with Crippen molar-refractivity contribution in [3.63, 3.8) is 0 Å². The fraction of sp³-hybridized carbons (Fsp3) is 0. The molecule has 5 heteroatoms. The first-order valence-corrected chi connectivity index (χ1v) is 16.6. The van der Waals surface area contributed by atoms with Crippen molar-refractivity contribution in [2.75, 3.05) is 0 Å². The second kappa shape index (κ2) is 11.4. The van der Waals surface area contributed by atoms with Gasteiger partial charge in [0.1, 0.15) is 22.3 Å². The standard InChI is InChI=1S/C45H27N3O2/c1-4-12-28(13-5-1)31-22-24-33-35-18-10-20-37(41(35)49-39(33)26-31)38-21-11-19-36-34-25-23-32(27-40(34)50-42(36)38)45-47-43(29-14-6-2-7-15-29)46-44(48-45)30-16-8-3-9-17-30/h1-27H. The molecule has 50 heavy (non-hydrogen) atoms. The van der Waals surface area contributed by atoms with Gasteiger partial charge in [-0.05, 0) is 35.4 Å². The Labute approximate surface area is 287 Å². The van der Waals surface area contributed by atoms with Crippen LogP contribution in [-0.2, 0) is 0 Å². The van der Waals surface area contributed by atoms with Crippen molar-refractivity contribution < 1.29 is 8.83 Å². The van der Waals surface area contributed by atoms with Gasteiger partial charge in [0.15, 0.2) is 17.5 Å². The molecule has 3 aromatic heterocycles. The van der Waals surface area contributed by atoms with Gasteiger partial charge in [-0.3, -0.25) is 0 Å². The van der Waals surface area contributed by atoms with Gasteiger partial charge in [-0.25, -0.2) is 15.0 Å². The zero-order valence-electron chi connectivity index (χ0n) is 26.7. The lowest BCUT2D eigenvalue weighted by Crippen LogP contribution is -2.00. The van der Waals surface area contributed by atoms with Gasteiger partial charge >= 0.3 is 0 Å². The minimum absolute atomic E-state index is 0.585. The number of benzene rings is 7. The van der Waals surface area contributed by atoms with Crippen LogP contribution >= 0.6 is 0 Å². The van der Waals surface area contributed by atoms with E-state index in [1.807, 2.05) is 72.8 Å². The van der Waals surface area contributed by atoms with Crippen molar-refractivity contribution in [3.05, 3.63) is 164 Å². The molecule has 0 spiro atoms. The van der Waals surface area contributed by atoms with Gasteiger partial charge in [-0.2, -0.15) is 0 Å². The molecule has 3 heterocycles. The maximum Gasteiger partial charge on any atom is 0.164 e. The van der Waals surface area contributed by atoms with Crippen LogP contribution in [0.1, 0.15) is 0 Å². The molecule has 0 bridgehead atoms. The fourth-order valence-electron chi connectivity index (χ4n) is 6.91. The largest absolute Gasteiger partial charge is 0.455 e. The van der Waals surface area contributed by atoms with Crippen LogP contribution in [0.4, 0.5) is 0 Å². The van der Waals surface area contributed by atoms with Crippen molar-refractivity contribution in [3.8, 4) is 56.4 Å². The van der Waals surface area contributed by atoms with Crippen LogP contribution in [0.15, 0.2) is 173 Å². The summed E-state index contributed by atoms with van der Waals surface area (Å²) < 4.78 is 13.3. The molecule has 0 amide bonds. The predicted octanol–water partition coefficient (Wildman–Crippen LogP) is 12.0. The molecule has 0 atom stereocenters. The van der Waals surface area contributed by atoms with E-state index in [0.717, 1.165) is 82.8 Å². The molecule has 0 saturated heterocycles. The molecule has 7 aromatic carbocycles. The van der Waals surface area contributed by atoms with E-state index in [9.17, 15) is 0 Å². The number of hydrogen-bond donors (Lipinski definition) is 0. The number of aromatic nitrogens is 3. The number of furan rings is 2. The summed E-state index contributed by atoms with van der Waals surface area (Å²) in [6.45, 7) is 0. The number of fused-ring (bicyclic) bond motifs is 6. The van der Waals surface area contributed by atoms with E-state index >= 15 is 0 Å². The van der Waals surface area contributed by atoms with Crippen LogP contribution in [0, 0.1) is 0 Å². The molecule has 0 aliphatic carbocycles. The summed E-state index contributed by atoms with van der Waals surface area (Å²) in [5, 5.41) is 4.22. The summed E-state index contributed by atoms with van der Waals surface area (Å²) in [6.07, 6.45) is 0. The third-order valence-electron chi connectivity index (χ3n) is 9.35. The van der Waals surface area contributed by atoms with Crippen LogP contribution < -0.4 is 0 Å². The maximum absolute atomic E-state index is 6.72. The molecule has 0 saturated carbocycles. The Balaban J connectivity index is 1.11. The molecular weight excluding hydrogens is 615 g/mol. The molecule has 10 aromatic rings. The molecule has 10 rings (SSSR count). The quantitative estimate of drug-likeness (QED) is 0.187. The highest BCUT2D eigenvalue weighted by Gasteiger charge is 2.19. The molecule has 0 fully saturated rings. The smallest absolute Gasteiger partial charge is 0.164 e. The van der Waals surface area contributed by atoms with Crippen LogP contribution in [-0.4, -0.2) is 15.0 Å². The average Bonchev–Trinajstić information content (AvgIpc) is 3.76. The van der Waals surface area contributed by atoms with Gasteiger partial charge in [0.05, 0.1) is 0 Å². The van der Waals surface area contributed by atoms with Gasteiger partial charge in [0.2, 0.25) is 0 Å². The first kappa shape index (κ1) is 28.2. The first-order valence-electron chi connectivity index (χ1n) is 16.6. The normalized spacial score (nSPS) is 11.6. The lowest BCUT2D eigenvalue weighted by molar-refractivity contribution is 0.665. The lowest BCUT2D eigenvalue weighted by atomic mass is 9.99. The van der Waals surface area contributed by atoms with Crippen molar-refractivity contribution >= 4 is 43.9 Å². The van der Waals surface area contributed by atoms with E-state index in [1.165, 1.54) is 0 Å².